The zero-order valence-electron chi connectivity index (χ0n) is 13.8. The van der Waals surface area contributed by atoms with Crippen LogP contribution in [0.1, 0.15) is 18.4 Å². The van der Waals surface area contributed by atoms with Gasteiger partial charge in [-0.15, -0.1) is 0 Å². The number of aromatic nitrogens is 1. The van der Waals surface area contributed by atoms with Gasteiger partial charge >= 0.3 is 11.9 Å². The number of methoxy groups -OCH3 is 1. The number of para-hydroxylation sites is 1. The fourth-order valence-corrected chi connectivity index (χ4v) is 2.54. The lowest BCUT2D eigenvalue weighted by Crippen LogP contribution is -2.43. The molecule has 5 N–H and O–H groups in total. The van der Waals surface area contributed by atoms with Gasteiger partial charge in [-0.05, 0) is 18.1 Å². The molecule has 134 valence electrons. The normalized spacial score (nSPS) is 13.2. The molecule has 0 radical (unpaired) electrons. The van der Waals surface area contributed by atoms with Crippen molar-refractivity contribution in [1.29, 1.82) is 0 Å². The summed E-state index contributed by atoms with van der Waals surface area (Å²) >= 11 is 0. The number of rotatable bonds is 8. The molecule has 8 heteroatoms. The number of fused-ring (bicyclic) bond motifs is 1. The molecule has 8 nitrogen and oxygen atoms in total. The largest absolute Gasteiger partial charge is 0.480 e. The molecule has 1 aromatic carbocycles. The molecule has 0 aliphatic heterocycles. The SMILES string of the molecule is COC(=O)C(N)CCC(=O)NC(Cc1c[nH]c2ccccc12)C(=O)O. The monoisotopic (exact) mass is 347 g/mol. The number of esters is 1. The second-order valence-corrected chi connectivity index (χ2v) is 5.69. The Balaban J connectivity index is 1.98. The fourth-order valence-electron chi connectivity index (χ4n) is 2.54. The molecule has 2 aromatic rings. The van der Waals surface area contributed by atoms with Crippen molar-refractivity contribution in [2.24, 2.45) is 5.73 Å². The topological polar surface area (TPSA) is 135 Å². The van der Waals surface area contributed by atoms with Gasteiger partial charge in [0.2, 0.25) is 5.91 Å². The molecule has 1 amide bonds. The minimum Gasteiger partial charge on any atom is -0.480 e. The van der Waals surface area contributed by atoms with Gasteiger partial charge in [-0.2, -0.15) is 0 Å². The van der Waals surface area contributed by atoms with Crippen molar-refractivity contribution in [1.82, 2.24) is 10.3 Å². The Hall–Kier alpha value is -2.87. The summed E-state index contributed by atoms with van der Waals surface area (Å²) in [5.74, 6) is -2.22. The number of carbonyl (C=O) groups is 3. The Morgan fingerprint density at radius 3 is 2.72 bits per heavy atom. The van der Waals surface area contributed by atoms with Crippen LogP contribution in [0.15, 0.2) is 30.5 Å². The van der Waals surface area contributed by atoms with Crippen LogP contribution in [0.2, 0.25) is 0 Å². The summed E-state index contributed by atoms with van der Waals surface area (Å²) in [6, 6.07) is 5.54. The molecule has 2 unspecified atom stereocenters. The van der Waals surface area contributed by atoms with Gasteiger partial charge in [0.05, 0.1) is 7.11 Å². The van der Waals surface area contributed by atoms with Gasteiger partial charge in [0, 0.05) is 29.9 Å². The first-order valence-corrected chi connectivity index (χ1v) is 7.83. The maximum atomic E-state index is 12.0. The Morgan fingerprint density at radius 2 is 2.04 bits per heavy atom. The number of amides is 1. The number of nitrogens with two attached hydrogens (primary N) is 1. The van der Waals surface area contributed by atoms with Crippen molar-refractivity contribution in [2.75, 3.05) is 7.11 Å². The van der Waals surface area contributed by atoms with Gasteiger partial charge in [0.25, 0.3) is 0 Å². The van der Waals surface area contributed by atoms with Gasteiger partial charge in [0.1, 0.15) is 12.1 Å². The molecule has 0 aliphatic carbocycles. The van der Waals surface area contributed by atoms with Crippen molar-refractivity contribution in [3.05, 3.63) is 36.0 Å². The second-order valence-electron chi connectivity index (χ2n) is 5.69. The average molecular weight is 347 g/mol. The first kappa shape index (κ1) is 18.5. The molecule has 0 aliphatic rings. The standard InChI is InChI=1S/C17H21N3O5/c1-25-17(24)12(18)6-7-15(21)20-14(16(22)23)8-10-9-19-13-5-3-2-4-11(10)13/h2-5,9,12,14,19H,6-8,18H2,1H3,(H,20,21)(H,22,23). The number of aromatic amines is 1. The Kier molecular flexibility index (Phi) is 6.13. The van der Waals surface area contributed by atoms with Crippen LogP contribution in [-0.2, 0) is 25.5 Å². The summed E-state index contributed by atoms with van der Waals surface area (Å²) in [5.41, 5.74) is 7.26. The van der Waals surface area contributed by atoms with E-state index in [0.717, 1.165) is 16.5 Å². The smallest absolute Gasteiger partial charge is 0.326 e. The number of aliphatic carboxylic acids is 1. The molecule has 0 bridgehead atoms. The zero-order chi connectivity index (χ0) is 18.4. The van der Waals surface area contributed by atoms with Crippen LogP contribution in [0, 0.1) is 0 Å². The number of H-pyrrole nitrogens is 1. The van der Waals surface area contributed by atoms with Crippen molar-refractivity contribution in [2.45, 2.75) is 31.3 Å². The molecule has 0 spiro atoms. The van der Waals surface area contributed by atoms with Gasteiger partial charge in [-0.1, -0.05) is 18.2 Å². The average Bonchev–Trinajstić information content (AvgIpc) is 3.01. The van der Waals surface area contributed by atoms with Gasteiger partial charge in [-0.3, -0.25) is 9.59 Å². The third-order valence-corrected chi connectivity index (χ3v) is 3.92. The minimum atomic E-state index is -1.13. The third kappa shape index (κ3) is 4.80. The van der Waals surface area contributed by atoms with Crippen LogP contribution in [0.5, 0.6) is 0 Å². The molecular formula is C17H21N3O5. The Morgan fingerprint density at radius 1 is 1.32 bits per heavy atom. The molecule has 0 saturated carbocycles. The summed E-state index contributed by atoms with van der Waals surface area (Å²) in [7, 11) is 1.21. The highest BCUT2D eigenvalue weighted by atomic mass is 16.5. The van der Waals surface area contributed by atoms with E-state index in [-0.39, 0.29) is 19.3 Å². The number of hydrogen-bond acceptors (Lipinski definition) is 5. The van der Waals surface area contributed by atoms with Crippen LogP contribution >= 0.6 is 0 Å². The summed E-state index contributed by atoms with van der Waals surface area (Å²) < 4.78 is 4.48. The van der Waals surface area contributed by atoms with E-state index in [1.807, 2.05) is 24.3 Å². The summed E-state index contributed by atoms with van der Waals surface area (Å²) in [5, 5.41) is 12.8. The first-order valence-electron chi connectivity index (χ1n) is 7.83. The number of hydrogen-bond donors (Lipinski definition) is 4. The maximum Gasteiger partial charge on any atom is 0.326 e. The quantitative estimate of drug-likeness (QED) is 0.515. The van der Waals surface area contributed by atoms with E-state index in [4.69, 9.17) is 5.73 Å². The Bertz CT molecular complexity index is 770. The van der Waals surface area contributed by atoms with Crippen molar-refractivity contribution >= 4 is 28.7 Å². The number of carboxylic acids is 1. The zero-order valence-corrected chi connectivity index (χ0v) is 13.8. The predicted octanol–water partition coefficient (Wildman–Crippen LogP) is 0.560. The number of carbonyl (C=O) groups excluding carboxylic acids is 2. The van der Waals surface area contributed by atoms with Crippen LogP contribution in [0.4, 0.5) is 0 Å². The summed E-state index contributed by atoms with van der Waals surface area (Å²) in [4.78, 5) is 37.7. The van der Waals surface area contributed by atoms with Crippen molar-refractivity contribution in [3.8, 4) is 0 Å². The van der Waals surface area contributed by atoms with Crippen molar-refractivity contribution < 1.29 is 24.2 Å². The molecule has 0 saturated heterocycles. The van der Waals surface area contributed by atoms with Crippen LogP contribution in [0.25, 0.3) is 10.9 Å². The number of nitrogens with one attached hydrogen (secondary N) is 2. The third-order valence-electron chi connectivity index (χ3n) is 3.92. The molecule has 1 heterocycles. The molecule has 1 aromatic heterocycles. The van der Waals surface area contributed by atoms with Gasteiger partial charge in [-0.25, -0.2) is 4.79 Å². The fraction of sp³-hybridized carbons (Fsp3) is 0.353. The lowest BCUT2D eigenvalue weighted by molar-refractivity contribution is -0.143. The van der Waals surface area contributed by atoms with Gasteiger partial charge in [0.15, 0.2) is 0 Å². The molecule has 25 heavy (non-hydrogen) atoms. The van der Waals surface area contributed by atoms with E-state index in [0.29, 0.717) is 0 Å². The van der Waals surface area contributed by atoms with Crippen molar-refractivity contribution in [3.63, 3.8) is 0 Å². The molecular weight excluding hydrogens is 326 g/mol. The highest BCUT2D eigenvalue weighted by Crippen LogP contribution is 2.19. The maximum absolute atomic E-state index is 12.0. The van der Waals surface area contributed by atoms with Gasteiger partial charge < -0.3 is 25.9 Å². The minimum absolute atomic E-state index is 0.0616. The van der Waals surface area contributed by atoms with E-state index in [2.05, 4.69) is 15.0 Å². The lowest BCUT2D eigenvalue weighted by atomic mass is 10.0. The summed E-state index contributed by atoms with van der Waals surface area (Å²) in [6.45, 7) is 0. The van der Waals surface area contributed by atoms with Crippen LogP contribution in [-0.4, -0.2) is 47.1 Å². The van der Waals surface area contributed by atoms with E-state index < -0.39 is 29.9 Å². The van der Waals surface area contributed by atoms with Crippen LogP contribution in [0.3, 0.4) is 0 Å². The van der Waals surface area contributed by atoms with E-state index >= 15 is 0 Å². The molecule has 2 atom stereocenters. The summed E-state index contributed by atoms with van der Waals surface area (Å²) in [6.07, 6.45) is 1.90. The van der Waals surface area contributed by atoms with E-state index in [1.165, 1.54) is 7.11 Å². The predicted molar refractivity (Wildman–Crippen MR) is 90.8 cm³/mol. The second kappa shape index (κ2) is 8.29. The number of ether oxygens (including phenoxy) is 1. The number of carboxylic acid groups (broad SMARTS) is 1. The van der Waals surface area contributed by atoms with E-state index in [9.17, 15) is 19.5 Å². The number of benzene rings is 1. The highest BCUT2D eigenvalue weighted by Gasteiger charge is 2.23. The highest BCUT2D eigenvalue weighted by molar-refractivity contribution is 5.87. The Labute approximate surface area is 144 Å². The van der Waals surface area contributed by atoms with E-state index in [1.54, 1.807) is 6.20 Å². The molecule has 2 rings (SSSR count). The lowest BCUT2D eigenvalue weighted by Gasteiger charge is -2.15. The first-order chi connectivity index (χ1) is 11.9. The van der Waals surface area contributed by atoms with Crippen LogP contribution < -0.4 is 11.1 Å². The molecule has 0 fully saturated rings.